The van der Waals surface area contributed by atoms with Crippen molar-refractivity contribution in [1.82, 2.24) is 19.9 Å². The van der Waals surface area contributed by atoms with Crippen LogP contribution in [0, 0.1) is 0 Å². The average Bonchev–Trinajstić information content (AvgIpc) is 3.21. The highest BCUT2D eigenvalue weighted by Gasteiger charge is 2.17. The van der Waals surface area contributed by atoms with Crippen LogP contribution < -0.4 is 20.3 Å². The number of ether oxygens (including phenoxy) is 1. The molecule has 10 nitrogen and oxygen atoms in total. The Hall–Kier alpha value is -4.38. The van der Waals surface area contributed by atoms with Crippen LogP contribution in [-0.4, -0.2) is 35.5 Å². The first-order chi connectivity index (χ1) is 15.9. The van der Waals surface area contributed by atoms with Crippen molar-refractivity contribution in [3.63, 3.8) is 0 Å². The molecule has 0 saturated carbocycles. The summed E-state index contributed by atoms with van der Waals surface area (Å²) in [5.74, 6) is 1.20. The first kappa shape index (κ1) is 20.5. The first-order valence-corrected chi connectivity index (χ1v) is 11.3. The Balaban J connectivity index is 1.44. The number of hydrogen-bond donors (Lipinski definition) is 4. The number of hydrogen-bond acceptors (Lipinski definition) is 7. The van der Waals surface area contributed by atoms with Crippen LogP contribution in [0.2, 0.25) is 0 Å². The quantitative estimate of drug-likeness (QED) is 0.303. The highest BCUT2D eigenvalue weighted by Crippen LogP contribution is 2.22. The fourth-order valence-corrected chi connectivity index (χ4v) is 4.43. The van der Waals surface area contributed by atoms with Crippen molar-refractivity contribution in [1.29, 1.82) is 0 Å². The van der Waals surface area contributed by atoms with E-state index in [-0.39, 0.29) is 16.2 Å². The summed E-state index contributed by atoms with van der Waals surface area (Å²) in [6.07, 6.45) is 0. The summed E-state index contributed by atoms with van der Waals surface area (Å²) in [5, 5.41) is 3.08. The lowest BCUT2D eigenvalue weighted by Crippen LogP contribution is -2.15. The molecule has 0 unspecified atom stereocenters. The van der Waals surface area contributed by atoms with E-state index >= 15 is 0 Å². The molecule has 3 aromatic carbocycles. The smallest absolute Gasteiger partial charge is 0.261 e. The second kappa shape index (κ2) is 7.95. The largest absolute Gasteiger partial charge is 0.497 e. The second-order valence-corrected chi connectivity index (χ2v) is 8.84. The lowest BCUT2D eigenvalue weighted by Gasteiger charge is -2.10. The number of nitrogens with one attached hydrogen (secondary N) is 4. The fraction of sp³-hybridized carbons (Fsp3) is 0.0455. The number of benzene rings is 3. The van der Waals surface area contributed by atoms with E-state index in [0.29, 0.717) is 22.9 Å². The number of aromatic amines is 2. The number of H-pyrrole nitrogens is 2. The number of methoxy groups -OCH3 is 1. The van der Waals surface area contributed by atoms with E-state index < -0.39 is 15.6 Å². The molecule has 0 aliphatic rings. The van der Waals surface area contributed by atoms with Crippen LogP contribution in [0.3, 0.4) is 0 Å². The molecule has 33 heavy (non-hydrogen) atoms. The lowest BCUT2D eigenvalue weighted by molar-refractivity contribution is 0.415. The zero-order valence-electron chi connectivity index (χ0n) is 17.3. The number of para-hydroxylation sites is 2. The van der Waals surface area contributed by atoms with Crippen molar-refractivity contribution in [2.45, 2.75) is 4.90 Å². The van der Waals surface area contributed by atoms with E-state index in [2.05, 4.69) is 30.0 Å². The summed E-state index contributed by atoms with van der Waals surface area (Å²) in [4.78, 5) is 27.1. The predicted octanol–water partition coefficient (Wildman–Crippen LogP) is 3.35. The van der Waals surface area contributed by atoms with E-state index in [1.165, 1.54) is 25.3 Å². The van der Waals surface area contributed by atoms with Crippen molar-refractivity contribution in [3.05, 3.63) is 77.1 Å². The number of nitrogens with zero attached hydrogens (tertiary/aromatic N) is 2. The van der Waals surface area contributed by atoms with E-state index in [1.54, 1.807) is 24.3 Å². The molecular formula is C22H18N6O4S. The topological polar surface area (TPSA) is 142 Å². The summed E-state index contributed by atoms with van der Waals surface area (Å²) in [7, 11) is -2.39. The molecule has 0 saturated heterocycles. The van der Waals surface area contributed by atoms with Gasteiger partial charge >= 0.3 is 0 Å². The third-order valence-electron chi connectivity index (χ3n) is 4.96. The van der Waals surface area contributed by atoms with Crippen molar-refractivity contribution < 1.29 is 13.2 Å². The van der Waals surface area contributed by atoms with Crippen LogP contribution in [-0.2, 0) is 10.0 Å². The van der Waals surface area contributed by atoms with Gasteiger partial charge in [0.1, 0.15) is 5.75 Å². The van der Waals surface area contributed by atoms with Gasteiger partial charge in [0.05, 0.1) is 33.9 Å². The Bertz CT molecular complexity index is 1610. The molecule has 2 aromatic heterocycles. The SMILES string of the molecule is COc1ccc(NS(=O)(=O)c2ccc3nc(Nc4nc5ccccc5[nH]4)[nH]c(=O)c3c2)cc1. The zero-order valence-corrected chi connectivity index (χ0v) is 18.1. The number of imidazole rings is 1. The minimum Gasteiger partial charge on any atom is -0.497 e. The van der Waals surface area contributed by atoms with Gasteiger partial charge in [0.2, 0.25) is 11.9 Å². The van der Waals surface area contributed by atoms with E-state index in [1.807, 2.05) is 24.3 Å². The normalized spacial score (nSPS) is 11.5. The van der Waals surface area contributed by atoms with Crippen molar-refractivity contribution >= 4 is 49.5 Å². The van der Waals surface area contributed by atoms with E-state index in [9.17, 15) is 13.2 Å². The van der Waals surface area contributed by atoms with Crippen molar-refractivity contribution in [2.75, 3.05) is 17.1 Å². The molecule has 166 valence electrons. The Kier molecular flexibility index (Phi) is 4.94. The van der Waals surface area contributed by atoms with Gasteiger partial charge in [-0.1, -0.05) is 12.1 Å². The first-order valence-electron chi connectivity index (χ1n) is 9.84. The Morgan fingerprint density at radius 2 is 1.61 bits per heavy atom. The predicted molar refractivity (Wildman–Crippen MR) is 126 cm³/mol. The van der Waals surface area contributed by atoms with Crippen LogP contribution in [0.25, 0.3) is 21.9 Å². The number of sulfonamides is 1. The molecule has 0 bridgehead atoms. The van der Waals surface area contributed by atoms with Crippen LogP contribution in [0.5, 0.6) is 5.75 Å². The Labute approximate surface area is 187 Å². The fourth-order valence-electron chi connectivity index (χ4n) is 3.34. The molecular weight excluding hydrogens is 444 g/mol. The third-order valence-corrected chi connectivity index (χ3v) is 6.33. The van der Waals surface area contributed by atoms with Crippen molar-refractivity contribution in [3.8, 4) is 5.75 Å². The number of rotatable bonds is 6. The molecule has 0 radical (unpaired) electrons. The lowest BCUT2D eigenvalue weighted by atomic mass is 10.2. The molecule has 2 heterocycles. The Morgan fingerprint density at radius 1 is 0.879 bits per heavy atom. The van der Waals surface area contributed by atoms with Gasteiger partial charge in [-0.25, -0.2) is 18.4 Å². The minimum absolute atomic E-state index is 0.0592. The molecule has 5 aromatic rings. The summed E-state index contributed by atoms with van der Waals surface area (Å²) < 4.78 is 33.2. The molecule has 0 atom stereocenters. The number of anilines is 3. The standard InChI is InChI=1S/C22H18N6O4S/c1-32-14-8-6-13(7-9-14)28-33(30,31)15-10-11-17-16(12-15)20(29)26-22(23-17)27-21-24-18-4-2-3-5-19(18)25-21/h2-12,28H,1H3,(H3,23,24,25,26,27,29). The maximum absolute atomic E-state index is 12.8. The van der Waals surface area contributed by atoms with Crippen LogP contribution >= 0.6 is 0 Å². The van der Waals surface area contributed by atoms with Crippen LogP contribution in [0.4, 0.5) is 17.6 Å². The van der Waals surface area contributed by atoms with Gasteiger partial charge in [-0.05, 0) is 54.6 Å². The Morgan fingerprint density at radius 3 is 2.36 bits per heavy atom. The molecule has 0 aliphatic carbocycles. The molecule has 0 amide bonds. The van der Waals surface area contributed by atoms with Gasteiger partial charge in [0, 0.05) is 5.69 Å². The highest BCUT2D eigenvalue weighted by molar-refractivity contribution is 7.92. The van der Waals surface area contributed by atoms with Gasteiger partial charge in [0.25, 0.3) is 15.6 Å². The molecule has 0 spiro atoms. The van der Waals surface area contributed by atoms with Crippen molar-refractivity contribution in [2.24, 2.45) is 0 Å². The van der Waals surface area contributed by atoms with Gasteiger partial charge < -0.3 is 9.72 Å². The summed E-state index contributed by atoms with van der Waals surface area (Å²) in [6, 6.07) is 18.1. The van der Waals surface area contributed by atoms with Gasteiger partial charge in [-0.2, -0.15) is 0 Å². The van der Waals surface area contributed by atoms with Gasteiger partial charge in [-0.15, -0.1) is 0 Å². The third kappa shape index (κ3) is 4.08. The maximum atomic E-state index is 12.8. The molecule has 5 rings (SSSR count). The zero-order chi connectivity index (χ0) is 23.0. The molecule has 4 N–H and O–H groups in total. The highest BCUT2D eigenvalue weighted by atomic mass is 32.2. The average molecular weight is 462 g/mol. The summed E-state index contributed by atoms with van der Waals surface area (Å²) >= 11 is 0. The number of aromatic nitrogens is 4. The van der Waals surface area contributed by atoms with Crippen LogP contribution in [0.15, 0.2) is 76.4 Å². The number of fused-ring (bicyclic) bond motifs is 2. The molecule has 11 heteroatoms. The van der Waals surface area contributed by atoms with E-state index in [0.717, 1.165) is 11.0 Å². The summed E-state index contributed by atoms with van der Waals surface area (Å²) in [6.45, 7) is 0. The minimum atomic E-state index is -3.92. The second-order valence-electron chi connectivity index (χ2n) is 7.16. The van der Waals surface area contributed by atoms with Gasteiger partial charge in [0.15, 0.2) is 0 Å². The molecule has 0 fully saturated rings. The molecule has 0 aliphatic heterocycles. The van der Waals surface area contributed by atoms with Gasteiger partial charge in [-0.3, -0.25) is 19.8 Å². The monoisotopic (exact) mass is 462 g/mol. The van der Waals surface area contributed by atoms with E-state index in [4.69, 9.17) is 4.74 Å². The maximum Gasteiger partial charge on any atom is 0.261 e. The van der Waals surface area contributed by atoms with Crippen LogP contribution in [0.1, 0.15) is 0 Å². The summed E-state index contributed by atoms with van der Waals surface area (Å²) in [5.41, 5.74) is 1.82.